The van der Waals surface area contributed by atoms with Gasteiger partial charge in [-0.1, -0.05) is 0 Å². The lowest BCUT2D eigenvalue weighted by Crippen LogP contribution is -2.19. The van der Waals surface area contributed by atoms with E-state index in [1.165, 1.54) is 25.3 Å². The molecule has 2 N–H and O–H groups in total. The highest BCUT2D eigenvalue weighted by Gasteiger charge is 2.10. The molecule has 4 heteroatoms. The standard InChI is InChI=1S/C9H10FNO2/c1-11-9(13)6-2-4-7(10)8(12)5-3-6/h3-5,12H,2H2,1H3,(H,11,13). The average Bonchev–Trinajstić information content (AvgIpc) is 2.30. The summed E-state index contributed by atoms with van der Waals surface area (Å²) in [7, 11) is 1.50. The Bertz CT molecular complexity index is 316. The fourth-order valence-corrected chi connectivity index (χ4v) is 0.960. The van der Waals surface area contributed by atoms with Gasteiger partial charge in [0, 0.05) is 12.6 Å². The molecule has 0 saturated heterocycles. The summed E-state index contributed by atoms with van der Waals surface area (Å²) < 4.78 is 12.8. The Morgan fingerprint density at radius 3 is 2.92 bits per heavy atom. The predicted octanol–water partition coefficient (Wildman–Crippen LogP) is 1.36. The van der Waals surface area contributed by atoms with E-state index in [1.54, 1.807) is 0 Å². The molecule has 0 aromatic heterocycles. The van der Waals surface area contributed by atoms with Crippen molar-refractivity contribution in [3.05, 3.63) is 35.4 Å². The molecule has 3 nitrogen and oxygen atoms in total. The molecule has 1 aliphatic carbocycles. The van der Waals surface area contributed by atoms with Crippen molar-refractivity contribution in [3.63, 3.8) is 0 Å². The fraction of sp³-hybridized carbons (Fsp3) is 0.222. The zero-order valence-electron chi connectivity index (χ0n) is 7.17. The van der Waals surface area contributed by atoms with E-state index in [2.05, 4.69) is 5.32 Å². The fourth-order valence-electron chi connectivity index (χ4n) is 0.960. The third-order valence-corrected chi connectivity index (χ3v) is 1.71. The second-order valence-corrected chi connectivity index (χ2v) is 2.58. The summed E-state index contributed by atoms with van der Waals surface area (Å²) in [6.45, 7) is 0. The van der Waals surface area contributed by atoms with Crippen molar-refractivity contribution < 1.29 is 14.3 Å². The van der Waals surface area contributed by atoms with Gasteiger partial charge in [0.25, 0.3) is 0 Å². The van der Waals surface area contributed by atoms with Gasteiger partial charge in [0.2, 0.25) is 5.91 Å². The molecule has 13 heavy (non-hydrogen) atoms. The van der Waals surface area contributed by atoms with Gasteiger partial charge in [-0.2, -0.15) is 0 Å². The van der Waals surface area contributed by atoms with Crippen LogP contribution in [0, 0.1) is 0 Å². The summed E-state index contributed by atoms with van der Waals surface area (Å²) in [6.07, 6.45) is 3.92. The van der Waals surface area contributed by atoms with Crippen LogP contribution in [-0.4, -0.2) is 18.1 Å². The third kappa shape index (κ3) is 2.18. The molecule has 0 aliphatic heterocycles. The number of carbonyl (C=O) groups excluding carboxylic acids is 1. The van der Waals surface area contributed by atoms with E-state index in [1.807, 2.05) is 0 Å². The van der Waals surface area contributed by atoms with Gasteiger partial charge in [-0.25, -0.2) is 4.39 Å². The summed E-state index contributed by atoms with van der Waals surface area (Å²) in [5, 5.41) is 11.4. The number of allylic oxidation sites excluding steroid dienone is 4. The molecular weight excluding hydrogens is 173 g/mol. The van der Waals surface area contributed by atoms with Crippen molar-refractivity contribution in [1.29, 1.82) is 0 Å². The van der Waals surface area contributed by atoms with E-state index in [0.29, 0.717) is 5.57 Å². The lowest BCUT2D eigenvalue weighted by molar-refractivity contribution is -0.117. The Kier molecular flexibility index (Phi) is 2.84. The maximum atomic E-state index is 12.8. The summed E-state index contributed by atoms with van der Waals surface area (Å²) in [6, 6.07) is 0. The number of likely N-dealkylation sites (N-methyl/N-ethyl adjacent to an activating group) is 1. The van der Waals surface area contributed by atoms with Crippen molar-refractivity contribution in [1.82, 2.24) is 5.32 Å². The van der Waals surface area contributed by atoms with Gasteiger partial charge in [0.15, 0.2) is 11.6 Å². The molecule has 0 heterocycles. The number of amides is 1. The van der Waals surface area contributed by atoms with Crippen LogP contribution in [0.25, 0.3) is 0 Å². The molecular formula is C9H10FNO2. The summed E-state index contributed by atoms with van der Waals surface area (Å²) in [5.41, 5.74) is 0.418. The molecule has 1 aliphatic rings. The Morgan fingerprint density at radius 2 is 2.31 bits per heavy atom. The van der Waals surface area contributed by atoms with Crippen molar-refractivity contribution in [3.8, 4) is 0 Å². The Morgan fingerprint density at radius 1 is 1.62 bits per heavy atom. The molecule has 0 aromatic carbocycles. The van der Waals surface area contributed by atoms with E-state index < -0.39 is 11.6 Å². The van der Waals surface area contributed by atoms with Crippen LogP contribution in [0.2, 0.25) is 0 Å². The van der Waals surface area contributed by atoms with Gasteiger partial charge in [0.1, 0.15) is 0 Å². The first kappa shape index (κ1) is 9.51. The molecule has 0 unspecified atom stereocenters. The van der Waals surface area contributed by atoms with Crippen LogP contribution in [-0.2, 0) is 4.79 Å². The van der Waals surface area contributed by atoms with Crippen molar-refractivity contribution >= 4 is 5.91 Å². The summed E-state index contributed by atoms with van der Waals surface area (Å²) >= 11 is 0. The lowest BCUT2D eigenvalue weighted by Gasteiger charge is -1.99. The van der Waals surface area contributed by atoms with Crippen molar-refractivity contribution in [2.24, 2.45) is 0 Å². The van der Waals surface area contributed by atoms with Crippen LogP contribution in [0.5, 0.6) is 0 Å². The first-order valence-corrected chi connectivity index (χ1v) is 3.83. The number of nitrogens with one attached hydrogen (secondary N) is 1. The smallest absolute Gasteiger partial charge is 0.247 e. The van der Waals surface area contributed by atoms with Gasteiger partial charge in [-0.05, 0) is 24.6 Å². The van der Waals surface area contributed by atoms with Crippen LogP contribution in [0.1, 0.15) is 6.42 Å². The Balaban J connectivity index is 2.89. The number of aliphatic hydroxyl groups excluding tert-OH is 1. The zero-order valence-corrected chi connectivity index (χ0v) is 7.17. The molecule has 0 aromatic rings. The Hall–Kier alpha value is -1.58. The van der Waals surface area contributed by atoms with Crippen LogP contribution >= 0.6 is 0 Å². The average molecular weight is 183 g/mol. The van der Waals surface area contributed by atoms with E-state index >= 15 is 0 Å². The maximum absolute atomic E-state index is 12.8. The highest BCUT2D eigenvalue weighted by atomic mass is 19.1. The quantitative estimate of drug-likeness (QED) is 0.644. The molecule has 70 valence electrons. The third-order valence-electron chi connectivity index (χ3n) is 1.71. The molecule has 0 atom stereocenters. The number of halogens is 1. The highest BCUT2D eigenvalue weighted by molar-refractivity contribution is 5.93. The molecule has 0 saturated carbocycles. The second-order valence-electron chi connectivity index (χ2n) is 2.58. The minimum absolute atomic E-state index is 0.187. The topological polar surface area (TPSA) is 49.3 Å². The van der Waals surface area contributed by atoms with Crippen molar-refractivity contribution in [2.75, 3.05) is 7.05 Å². The predicted molar refractivity (Wildman–Crippen MR) is 46.7 cm³/mol. The first-order valence-electron chi connectivity index (χ1n) is 3.83. The van der Waals surface area contributed by atoms with Crippen LogP contribution < -0.4 is 5.32 Å². The van der Waals surface area contributed by atoms with Gasteiger partial charge >= 0.3 is 0 Å². The minimum atomic E-state index is -0.699. The minimum Gasteiger partial charge on any atom is -0.505 e. The zero-order chi connectivity index (χ0) is 9.84. The first-order chi connectivity index (χ1) is 6.15. The normalized spacial score (nSPS) is 16.6. The number of hydrogen-bond acceptors (Lipinski definition) is 2. The van der Waals surface area contributed by atoms with Gasteiger partial charge < -0.3 is 10.4 Å². The molecule has 1 amide bonds. The number of aliphatic hydroxyl groups is 1. The van der Waals surface area contributed by atoms with Crippen molar-refractivity contribution in [2.45, 2.75) is 6.42 Å². The SMILES string of the molecule is CNC(=O)C1=CC=C(O)C(F)=CC1. The molecule has 0 bridgehead atoms. The monoisotopic (exact) mass is 183 g/mol. The van der Waals surface area contributed by atoms with E-state index in [4.69, 9.17) is 5.11 Å². The van der Waals surface area contributed by atoms with E-state index in [-0.39, 0.29) is 12.3 Å². The second kappa shape index (κ2) is 3.89. The molecule has 1 rings (SSSR count). The van der Waals surface area contributed by atoms with Crippen LogP contribution in [0.15, 0.2) is 35.4 Å². The lowest BCUT2D eigenvalue weighted by atomic mass is 10.1. The van der Waals surface area contributed by atoms with Gasteiger partial charge in [-0.15, -0.1) is 0 Å². The van der Waals surface area contributed by atoms with Crippen LogP contribution in [0.3, 0.4) is 0 Å². The molecule has 0 spiro atoms. The largest absolute Gasteiger partial charge is 0.505 e. The molecule has 0 fully saturated rings. The van der Waals surface area contributed by atoms with Gasteiger partial charge in [-0.3, -0.25) is 4.79 Å². The summed E-state index contributed by atoms with van der Waals surface area (Å²) in [5.74, 6) is -1.41. The highest BCUT2D eigenvalue weighted by Crippen LogP contribution is 2.17. The maximum Gasteiger partial charge on any atom is 0.247 e. The van der Waals surface area contributed by atoms with Gasteiger partial charge in [0.05, 0.1) is 0 Å². The van der Waals surface area contributed by atoms with E-state index in [0.717, 1.165) is 0 Å². The number of hydrogen-bond donors (Lipinski definition) is 2. The molecule has 0 radical (unpaired) electrons. The van der Waals surface area contributed by atoms with Crippen LogP contribution in [0.4, 0.5) is 4.39 Å². The summed E-state index contributed by atoms with van der Waals surface area (Å²) in [4.78, 5) is 11.1. The number of carbonyl (C=O) groups is 1. The van der Waals surface area contributed by atoms with E-state index in [9.17, 15) is 9.18 Å². The number of rotatable bonds is 1. The Labute approximate surface area is 75.3 Å².